The lowest BCUT2D eigenvalue weighted by molar-refractivity contribution is 0.585. The molecule has 0 aliphatic heterocycles. The van der Waals surface area contributed by atoms with E-state index in [1.54, 1.807) is 0 Å². The van der Waals surface area contributed by atoms with Gasteiger partial charge < -0.3 is 33.2 Å². The highest BCUT2D eigenvalue weighted by molar-refractivity contribution is 5.42. The fourth-order valence-corrected chi connectivity index (χ4v) is 3.52. The molecule has 0 saturated heterocycles. The van der Waals surface area contributed by atoms with Crippen molar-refractivity contribution in [3.05, 3.63) is 0 Å². The van der Waals surface area contributed by atoms with Gasteiger partial charge >= 0.3 is 0 Å². The van der Waals surface area contributed by atoms with Crippen LogP contribution in [0.4, 0.5) is 17.8 Å². The predicted octanol–water partition coefficient (Wildman–Crippen LogP) is 3.83. The normalized spacial score (nSPS) is 14.0. The zero-order valence-corrected chi connectivity index (χ0v) is 21.4. The van der Waals surface area contributed by atoms with E-state index in [1.807, 2.05) is 0 Å². The number of hydrogen-bond acceptors (Lipinski definition) is 9. The van der Waals surface area contributed by atoms with E-state index in [1.165, 1.54) is 0 Å². The van der Waals surface area contributed by atoms with Crippen molar-refractivity contribution in [3.63, 3.8) is 0 Å². The zero-order valence-electron chi connectivity index (χ0n) is 21.4. The quantitative estimate of drug-likeness (QED) is 0.149. The highest BCUT2D eigenvalue weighted by atomic mass is 15.3. The van der Waals surface area contributed by atoms with Gasteiger partial charge in [0, 0.05) is 37.8 Å². The van der Waals surface area contributed by atoms with Crippen molar-refractivity contribution >= 4 is 17.8 Å². The van der Waals surface area contributed by atoms with E-state index in [-0.39, 0.29) is 18.1 Å². The standard InChI is InChI=1S/C24H51N9/c1-19(25)13-7-4-10-16-28-22-31-23(29-17-11-5-8-14-20(2)26)33-24(32-22)30-18-12-6-9-15-21(3)27/h19-21H,4-18,25-27H2,1-3H3,(H3,28,29,30,31,32,33). The van der Waals surface area contributed by atoms with E-state index >= 15 is 0 Å². The first-order chi connectivity index (χ1) is 15.9. The minimum Gasteiger partial charge on any atom is -0.354 e. The van der Waals surface area contributed by atoms with E-state index < -0.39 is 0 Å². The maximum absolute atomic E-state index is 5.82. The second kappa shape index (κ2) is 18.7. The van der Waals surface area contributed by atoms with E-state index in [9.17, 15) is 0 Å². The van der Waals surface area contributed by atoms with E-state index in [0.29, 0.717) is 17.8 Å². The van der Waals surface area contributed by atoms with Crippen LogP contribution in [0, 0.1) is 0 Å². The Morgan fingerprint density at radius 3 is 1.00 bits per heavy atom. The van der Waals surface area contributed by atoms with E-state index in [4.69, 9.17) is 17.2 Å². The molecule has 1 aromatic heterocycles. The Balaban J connectivity index is 2.48. The maximum Gasteiger partial charge on any atom is 0.229 e. The molecule has 3 unspecified atom stereocenters. The Morgan fingerprint density at radius 2 is 0.758 bits per heavy atom. The first-order valence-electron chi connectivity index (χ1n) is 13.1. The molecule has 0 saturated carbocycles. The molecule has 9 nitrogen and oxygen atoms in total. The predicted molar refractivity (Wildman–Crippen MR) is 142 cm³/mol. The number of aromatic nitrogens is 3. The largest absolute Gasteiger partial charge is 0.354 e. The SMILES string of the molecule is CC(N)CCCCCNc1nc(NCCCCCC(C)N)nc(NCCCCCC(C)N)n1. The summed E-state index contributed by atoms with van der Waals surface area (Å²) in [5.74, 6) is 1.86. The first kappa shape index (κ1) is 29.3. The van der Waals surface area contributed by atoms with E-state index in [0.717, 1.165) is 96.7 Å². The molecule has 9 heteroatoms. The molecule has 0 aliphatic carbocycles. The fraction of sp³-hybridized carbons (Fsp3) is 0.875. The van der Waals surface area contributed by atoms with Gasteiger partial charge in [0.05, 0.1) is 0 Å². The van der Waals surface area contributed by atoms with Crippen molar-refractivity contribution < 1.29 is 0 Å². The van der Waals surface area contributed by atoms with Gasteiger partial charge in [0.25, 0.3) is 0 Å². The summed E-state index contributed by atoms with van der Waals surface area (Å²) in [5, 5.41) is 10.1. The van der Waals surface area contributed by atoms with Gasteiger partial charge in [-0.25, -0.2) is 0 Å². The lowest BCUT2D eigenvalue weighted by Crippen LogP contribution is -2.16. The monoisotopic (exact) mass is 465 g/mol. The minimum absolute atomic E-state index is 0.279. The van der Waals surface area contributed by atoms with Crippen LogP contribution in [-0.2, 0) is 0 Å². The molecule has 1 aromatic rings. The summed E-state index contributed by atoms with van der Waals surface area (Å²) in [4.78, 5) is 13.7. The summed E-state index contributed by atoms with van der Waals surface area (Å²) < 4.78 is 0. The van der Waals surface area contributed by atoms with Crippen molar-refractivity contribution in [2.75, 3.05) is 35.6 Å². The fourth-order valence-electron chi connectivity index (χ4n) is 3.52. The number of nitrogens with one attached hydrogen (secondary N) is 3. The smallest absolute Gasteiger partial charge is 0.229 e. The summed E-state index contributed by atoms with van der Waals surface area (Å²) >= 11 is 0. The van der Waals surface area contributed by atoms with Crippen LogP contribution in [0.1, 0.15) is 97.8 Å². The van der Waals surface area contributed by atoms with Crippen molar-refractivity contribution in [2.45, 2.75) is 116 Å². The van der Waals surface area contributed by atoms with Gasteiger partial charge in [0.15, 0.2) is 0 Å². The average molecular weight is 466 g/mol. The number of rotatable bonds is 21. The molecule has 0 amide bonds. The molecule has 0 radical (unpaired) electrons. The number of unbranched alkanes of at least 4 members (excludes halogenated alkanes) is 6. The maximum atomic E-state index is 5.82. The zero-order chi connectivity index (χ0) is 24.3. The Morgan fingerprint density at radius 1 is 0.485 bits per heavy atom. The highest BCUT2D eigenvalue weighted by Crippen LogP contribution is 2.12. The molecule has 0 fully saturated rings. The summed E-state index contributed by atoms with van der Waals surface area (Å²) in [7, 11) is 0. The summed E-state index contributed by atoms with van der Waals surface area (Å²) in [6.07, 6.45) is 13.4. The second-order valence-electron chi connectivity index (χ2n) is 9.57. The molecule has 9 N–H and O–H groups in total. The van der Waals surface area contributed by atoms with Gasteiger partial charge in [-0.3, -0.25) is 0 Å². The molecule has 1 rings (SSSR count). The van der Waals surface area contributed by atoms with Crippen LogP contribution in [0.3, 0.4) is 0 Å². The molecule has 33 heavy (non-hydrogen) atoms. The van der Waals surface area contributed by atoms with Gasteiger partial charge in [0.2, 0.25) is 17.8 Å². The van der Waals surface area contributed by atoms with Crippen LogP contribution in [0.2, 0.25) is 0 Å². The van der Waals surface area contributed by atoms with Crippen LogP contribution >= 0.6 is 0 Å². The average Bonchev–Trinajstić information content (AvgIpc) is 2.75. The van der Waals surface area contributed by atoms with Gasteiger partial charge in [-0.05, 0) is 59.3 Å². The van der Waals surface area contributed by atoms with Gasteiger partial charge in [0.1, 0.15) is 0 Å². The van der Waals surface area contributed by atoms with Gasteiger partial charge in [-0.1, -0.05) is 38.5 Å². The molecule has 0 aliphatic rings. The number of nitrogens with two attached hydrogens (primary N) is 3. The molecular formula is C24H51N9. The number of hydrogen-bond donors (Lipinski definition) is 6. The van der Waals surface area contributed by atoms with Crippen LogP contribution in [0.5, 0.6) is 0 Å². The summed E-state index contributed by atoms with van der Waals surface area (Å²) in [6.45, 7) is 8.71. The molecular weight excluding hydrogens is 414 g/mol. The van der Waals surface area contributed by atoms with Crippen molar-refractivity contribution in [2.24, 2.45) is 17.2 Å². The van der Waals surface area contributed by atoms with Crippen molar-refractivity contribution in [1.29, 1.82) is 0 Å². The third-order valence-electron chi connectivity index (χ3n) is 5.49. The Hall–Kier alpha value is -1.71. The third-order valence-corrected chi connectivity index (χ3v) is 5.49. The Labute approximate surface area is 201 Å². The van der Waals surface area contributed by atoms with Crippen LogP contribution in [0.15, 0.2) is 0 Å². The van der Waals surface area contributed by atoms with Crippen molar-refractivity contribution in [3.8, 4) is 0 Å². The van der Waals surface area contributed by atoms with Gasteiger partial charge in [-0.15, -0.1) is 0 Å². The van der Waals surface area contributed by atoms with Crippen LogP contribution < -0.4 is 33.2 Å². The number of anilines is 3. The third kappa shape index (κ3) is 17.4. The topological polar surface area (TPSA) is 153 Å². The molecule has 1 heterocycles. The van der Waals surface area contributed by atoms with Gasteiger partial charge in [-0.2, -0.15) is 15.0 Å². The van der Waals surface area contributed by atoms with E-state index in [2.05, 4.69) is 51.7 Å². The first-order valence-corrected chi connectivity index (χ1v) is 13.1. The molecule has 192 valence electrons. The molecule has 0 bridgehead atoms. The lowest BCUT2D eigenvalue weighted by Gasteiger charge is -2.12. The molecule has 0 aromatic carbocycles. The summed E-state index contributed by atoms with van der Waals surface area (Å²) in [5.41, 5.74) is 17.5. The Kier molecular flexibility index (Phi) is 16.6. The van der Waals surface area contributed by atoms with Crippen molar-refractivity contribution in [1.82, 2.24) is 15.0 Å². The Bertz CT molecular complexity index is 500. The van der Waals surface area contributed by atoms with Crippen LogP contribution in [-0.4, -0.2) is 52.7 Å². The summed E-state index contributed by atoms with van der Waals surface area (Å²) in [6, 6.07) is 0.837. The molecule has 3 atom stereocenters. The second-order valence-corrected chi connectivity index (χ2v) is 9.57. The molecule has 0 spiro atoms. The lowest BCUT2D eigenvalue weighted by atomic mass is 10.1. The minimum atomic E-state index is 0.279. The van der Waals surface area contributed by atoms with Crippen LogP contribution in [0.25, 0.3) is 0 Å². The highest BCUT2D eigenvalue weighted by Gasteiger charge is 2.07. The number of nitrogens with zero attached hydrogens (tertiary/aromatic N) is 3.